The summed E-state index contributed by atoms with van der Waals surface area (Å²) in [5, 5.41) is 0. The Morgan fingerprint density at radius 2 is 1.35 bits per heavy atom. The minimum Gasteiger partial charge on any atom is -0.361 e. The van der Waals surface area contributed by atoms with Crippen molar-refractivity contribution in [3.05, 3.63) is 108 Å². The van der Waals surface area contributed by atoms with Crippen molar-refractivity contribution >= 4 is 5.82 Å². The summed E-state index contributed by atoms with van der Waals surface area (Å²) in [6.07, 6.45) is 4.12. The second-order valence-corrected chi connectivity index (χ2v) is 10.5. The van der Waals surface area contributed by atoms with E-state index in [2.05, 4.69) is 112 Å². The number of hydrogen-bond donors (Lipinski definition) is 0. The maximum Gasteiger partial charge on any atom is 0.135 e. The van der Waals surface area contributed by atoms with Gasteiger partial charge in [0.1, 0.15) is 11.6 Å². The van der Waals surface area contributed by atoms with E-state index in [-0.39, 0.29) is 5.82 Å². The van der Waals surface area contributed by atoms with Gasteiger partial charge >= 0.3 is 0 Å². The Hall–Kier alpha value is -3.92. The van der Waals surface area contributed by atoms with Crippen LogP contribution in [0.25, 0.3) is 33.5 Å². The SMILES string of the molecule is CC(C)c1cc(-c2ccccc2)cc(C(C)C)c1-c1cc(-c2ccc(F)cc2)nc(N2C=CN(C)C2)c1. The molecule has 5 rings (SSSR count). The van der Waals surface area contributed by atoms with Gasteiger partial charge in [-0.15, -0.1) is 0 Å². The van der Waals surface area contributed by atoms with Crippen molar-refractivity contribution in [3.8, 4) is 33.5 Å². The molecule has 4 aromatic rings. The minimum absolute atomic E-state index is 0.245. The Labute approximate surface area is 219 Å². The molecule has 3 aromatic carbocycles. The highest BCUT2D eigenvalue weighted by Crippen LogP contribution is 2.41. The molecule has 0 aliphatic carbocycles. The minimum atomic E-state index is -0.245. The van der Waals surface area contributed by atoms with Crippen molar-refractivity contribution in [1.82, 2.24) is 9.88 Å². The third-order valence-corrected chi connectivity index (χ3v) is 6.96. The molecule has 0 unspecified atom stereocenters. The Bertz CT molecular complexity index is 1390. The Balaban J connectivity index is 1.75. The second kappa shape index (κ2) is 10.2. The fraction of sp³-hybridized carbons (Fsp3) is 0.242. The molecule has 0 spiro atoms. The van der Waals surface area contributed by atoms with Gasteiger partial charge in [-0.05, 0) is 81.6 Å². The van der Waals surface area contributed by atoms with Gasteiger partial charge in [0, 0.05) is 25.0 Å². The summed E-state index contributed by atoms with van der Waals surface area (Å²) < 4.78 is 13.7. The van der Waals surface area contributed by atoms with Gasteiger partial charge in [0.15, 0.2) is 0 Å². The molecule has 0 saturated carbocycles. The highest BCUT2D eigenvalue weighted by atomic mass is 19.1. The first kappa shape index (κ1) is 24.8. The lowest BCUT2D eigenvalue weighted by molar-refractivity contribution is 0.494. The first-order chi connectivity index (χ1) is 17.8. The van der Waals surface area contributed by atoms with Crippen LogP contribution in [0.3, 0.4) is 0 Å². The standard InChI is InChI=1S/C33H34FN3/c1-22(2)29-17-26(24-9-7-6-8-10-24)18-30(23(3)4)33(29)27-19-31(25-11-13-28(34)14-12-25)35-32(20-27)37-16-15-36(5)21-37/h6-20,22-23H,21H2,1-5H3. The Morgan fingerprint density at radius 3 is 1.92 bits per heavy atom. The summed E-state index contributed by atoms with van der Waals surface area (Å²) in [5.74, 6) is 1.30. The average molecular weight is 492 g/mol. The molecule has 0 atom stereocenters. The van der Waals surface area contributed by atoms with Crippen molar-refractivity contribution < 1.29 is 4.39 Å². The van der Waals surface area contributed by atoms with Gasteiger partial charge in [-0.25, -0.2) is 9.37 Å². The summed E-state index contributed by atoms with van der Waals surface area (Å²) in [4.78, 5) is 9.29. The van der Waals surface area contributed by atoms with Gasteiger partial charge in [-0.3, -0.25) is 0 Å². The number of rotatable bonds is 6. The van der Waals surface area contributed by atoms with Crippen molar-refractivity contribution in [1.29, 1.82) is 0 Å². The largest absolute Gasteiger partial charge is 0.361 e. The first-order valence-electron chi connectivity index (χ1n) is 13.0. The summed E-state index contributed by atoms with van der Waals surface area (Å²) in [7, 11) is 2.05. The van der Waals surface area contributed by atoms with Crippen LogP contribution in [0.5, 0.6) is 0 Å². The number of pyridine rings is 1. The summed E-state index contributed by atoms with van der Waals surface area (Å²) in [6.45, 7) is 9.79. The maximum atomic E-state index is 13.7. The summed E-state index contributed by atoms with van der Waals surface area (Å²) >= 11 is 0. The number of benzene rings is 3. The molecule has 0 bridgehead atoms. The first-order valence-corrected chi connectivity index (χ1v) is 13.0. The third kappa shape index (κ3) is 5.15. The van der Waals surface area contributed by atoms with Crippen molar-refractivity contribution in [2.45, 2.75) is 39.5 Å². The molecular weight excluding hydrogens is 457 g/mol. The molecular formula is C33H34FN3. The van der Waals surface area contributed by atoms with E-state index in [1.807, 2.05) is 12.1 Å². The number of halogens is 1. The van der Waals surface area contributed by atoms with Crippen LogP contribution in [0.4, 0.5) is 10.2 Å². The average Bonchev–Trinajstić information content (AvgIpc) is 3.34. The normalized spacial score (nSPS) is 13.3. The Morgan fingerprint density at radius 1 is 0.703 bits per heavy atom. The Kier molecular flexibility index (Phi) is 6.84. The van der Waals surface area contributed by atoms with Crippen LogP contribution in [0.2, 0.25) is 0 Å². The summed E-state index contributed by atoms with van der Waals surface area (Å²) in [6, 6.07) is 26.3. The zero-order valence-electron chi connectivity index (χ0n) is 22.2. The molecule has 4 heteroatoms. The van der Waals surface area contributed by atoms with Gasteiger partial charge in [-0.1, -0.05) is 70.2 Å². The van der Waals surface area contributed by atoms with E-state index in [4.69, 9.17) is 4.98 Å². The van der Waals surface area contributed by atoms with E-state index >= 15 is 0 Å². The fourth-order valence-corrected chi connectivity index (χ4v) is 4.98. The smallest absolute Gasteiger partial charge is 0.135 e. The van der Waals surface area contributed by atoms with E-state index < -0.39 is 0 Å². The third-order valence-electron chi connectivity index (χ3n) is 6.96. The molecule has 2 heterocycles. The van der Waals surface area contributed by atoms with E-state index in [0.717, 1.165) is 29.3 Å². The molecule has 0 amide bonds. The quantitative estimate of drug-likeness (QED) is 0.269. The highest BCUT2D eigenvalue weighted by Gasteiger charge is 2.21. The fourth-order valence-electron chi connectivity index (χ4n) is 4.98. The van der Waals surface area contributed by atoms with E-state index in [1.165, 1.54) is 39.9 Å². The van der Waals surface area contributed by atoms with Crippen molar-refractivity contribution in [3.63, 3.8) is 0 Å². The van der Waals surface area contributed by atoms with Gasteiger partial charge in [-0.2, -0.15) is 0 Å². The second-order valence-electron chi connectivity index (χ2n) is 10.5. The van der Waals surface area contributed by atoms with Crippen LogP contribution in [0, 0.1) is 5.82 Å². The van der Waals surface area contributed by atoms with E-state index in [9.17, 15) is 4.39 Å². The van der Waals surface area contributed by atoms with Crippen LogP contribution in [0.15, 0.2) is 91.3 Å². The highest BCUT2D eigenvalue weighted by molar-refractivity contribution is 5.82. The molecule has 0 fully saturated rings. The number of aromatic nitrogens is 1. The van der Waals surface area contributed by atoms with E-state index in [1.54, 1.807) is 0 Å². The van der Waals surface area contributed by atoms with Crippen molar-refractivity contribution in [2.75, 3.05) is 18.6 Å². The number of nitrogens with zero attached hydrogens (tertiary/aromatic N) is 3. The molecule has 188 valence electrons. The van der Waals surface area contributed by atoms with Crippen molar-refractivity contribution in [2.24, 2.45) is 0 Å². The molecule has 1 aromatic heterocycles. The molecule has 0 radical (unpaired) electrons. The zero-order chi connectivity index (χ0) is 26.1. The van der Waals surface area contributed by atoms with Crippen LogP contribution in [-0.4, -0.2) is 23.6 Å². The number of hydrogen-bond acceptors (Lipinski definition) is 3. The van der Waals surface area contributed by atoms with Crippen LogP contribution in [0.1, 0.15) is 50.7 Å². The van der Waals surface area contributed by atoms with Gasteiger partial charge < -0.3 is 9.80 Å². The maximum absolute atomic E-state index is 13.7. The molecule has 37 heavy (non-hydrogen) atoms. The van der Waals surface area contributed by atoms with Crippen LogP contribution >= 0.6 is 0 Å². The molecule has 1 aliphatic heterocycles. The monoisotopic (exact) mass is 491 g/mol. The van der Waals surface area contributed by atoms with Crippen LogP contribution < -0.4 is 4.90 Å². The van der Waals surface area contributed by atoms with Gasteiger partial charge in [0.25, 0.3) is 0 Å². The molecule has 0 saturated heterocycles. The predicted molar refractivity (Wildman–Crippen MR) is 153 cm³/mol. The zero-order valence-corrected chi connectivity index (χ0v) is 22.2. The molecule has 0 N–H and O–H groups in total. The molecule has 1 aliphatic rings. The predicted octanol–water partition coefficient (Wildman–Crippen LogP) is 8.65. The van der Waals surface area contributed by atoms with Crippen LogP contribution in [-0.2, 0) is 0 Å². The van der Waals surface area contributed by atoms with Gasteiger partial charge in [0.05, 0.1) is 12.4 Å². The van der Waals surface area contributed by atoms with E-state index in [0.29, 0.717) is 11.8 Å². The van der Waals surface area contributed by atoms with Gasteiger partial charge in [0.2, 0.25) is 0 Å². The lowest BCUT2D eigenvalue weighted by Crippen LogP contribution is -2.22. The lowest BCUT2D eigenvalue weighted by Gasteiger charge is -2.24. The number of anilines is 1. The summed E-state index contributed by atoms with van der Waals surface area (Å²) in [5.41, 5.74) is 9.26. The topological polar surface area (TPSA) is 19.4 Å². The lowest BCUT2D eigenvalue weighted by atomic mass is 9.82. The molecule has 3 nitrogen and oxygen atoms in total.